The number of halogens is 1. The van der Waals surface area contributed by atoms with Crippen LogP contribution in [0.25, 0.3) is 10.8 Å². The Labute approximate surface area is 127 Å². The van der Waals surface area contributed by atoms with Gasteiger partial charge in [-0.1, -0.05) is 41.9 Å². The summed E-state index contributed by atoms with van der Waals surface area (Å²) in [7, 11) is -3.65. The van der Waals surface area contributed by atoms with E-state index in [1.54, 1.807) is 24.3 Å². The van der Waals surface area contributed by atoms with E-state index in [0.717, 1.165) is 10.8 Å². The van der Waals surface area contributed by atoms with Gasteiger partial charge < -0.3 is 0 Å². The summed E-state index contributed by atoms with van der Waals surface area (Å²) in [5.41, 5.74) is 0.368. The molecular weight excluding hydrogens is 308 g/mol. The number of anilines is 1. The monoisotopic (exact) mass is 318 g/mol. The summed E-state index contributed by atoms with van der Waals surface area (Å²) >= 11 is 5.68. The minimum atomic E-state index is -3.65. The fraction of sp³-hybridized carbons (Fsp3) is 0. The van der Waals surface area contributed by atoms with Gasteiger partial charge in [0, 0.05) is 0 Å². The molecule has 2 aromatic carbocycles. The number of pyridine rings is 1. The molecule has 0 aliphatic carbocycles. The Hall–Kier alpha value is -2.11. The molecule has 0 aliphatic heterocycles. The van der Waals surface area contributed by atoms with Gasteiger partial charge in [-0.15, -0.1) is 0 Å². The van der Waals surface area contributed by atoms with Crippen molar-refractivity contribution in [2.45, 2.75) is 4.90 Å². The standard InChI is InChI=1S/C15H11ClN2O2S/c16-15-8-6-13(10-17-15)18-21(19,20)14-7-5-11-3-1-2-4-12(11)9-14/h1-10,18H. The minimum absolute atomic E-state index is 0.205. The van der Waals surface area contributed by atoms with Crippen molar-refractivity contribution in [1.29, 1.82) is 0 Å². The zero-order valence-electron chi connectivity index (χ0n) is 10.8. The average molecular weight is 319 g/mol. The second kappa shape index (κ2) is 5.35. The zero-order chi connectivity index (χ0) is 14.9. The largest absolute Gasteiger partial charge is 0.278 e. The van der Waals surface area contributed by atoms with E-state index in [1.807, 2.05) is 24.3 Å². The molecule has 106 valence electrons. The summed E-state index contributed by atoms with van der Waals surface area (Å²) in [6.45, 7) is 0. The number of hydrogen-bond acceptors (Lipinski definition) is 3. The number of hydrogen-bond donors (Lipinski definition) is 1. The summed E-state index contributed by atoms with van der Waals surface area (Å²) in [5, 5.41) is 2.17. The molecule has 0 radical (unpaired) electrons. The Balaban J connectivity index is 1.97. The lowest BCUT2D eigenvalue weighted by Crippen LogP contribution is -2.13. The van der Waals surface area contributed by atoms with Gasteiger partial charge in [0.2, 0.25) is 0 Å². The first kappa shape index (κ1) is 13.9. The van der Waals surface area contributed by atoms with Crippen molar-refractivity contribution in [2.75, 3.05) is 4.72 Å². The molecule has 3 aromatic rings. The summed E-state index contributed by atoms with van der Waals surface area (Å²) in [5.74, 6) is 0. The molecule has 1 heterocycles. The van der Waals surface area contributed by atoms with E-state index < -0.39 is 10.0 Å². The van der Waals surface area contributed by atoms with Gasteiger partial charge in [-0.3, -0.25) is 4.72 Å². The van der Waals surface area contributed by atoms with Crippen LogP contribution in [0, 0.1) is 0 Å². The van der Waals surface area contributed by atoms with Crippen LogP contribution in [0.1, 0.15) is 0 Å². The van der Waals surface area contributed by atoms with E-state index in [0.29, 0.717) is 10.8 Å². The normalized spacial score (nSPS) is 11.5. The van der Waals surface area contributed by atoms with Gasteiger partial charge in [0.15, 0.2) is 0 Å². The van der Waals surface area contributed by atoms with Crippen molar-refractivity contribution in [1.82, 2.24) is 4.98 Å². The Morgan fingerprint density at radius 1 is 0.952 bits per heavy atom. The van der Waals surface area contributed by atoms with Crippen LogP contribution in [0.2, 0.25) is 5.15 Å². The summed E-state index contributed by atoms with van der Waals surface area (Å²) in [4.78, 5) is 4.05. The van der Waals surface area contributed by atoms with Gasteiger partial charge in [0.1, 0.15) is 5.15 Å². The summed E-state index contributed by atoms with van der Waals surface area (Å²) in [6.07, 6.45) is 1.38. The molecule has 6 heteroatoms. The van der Waals surface area contributed by atoms with Crippen molar-refractivity contribution in [3.63, 3.8) is 0 Å². The molecule has 0 atom stereocenters. The lowest BCUT2D eigenvalue weighted by atomic mass is 10.1. The van der Waals surface area contributed by atoms with Crippen LogP contribution in [-0.4, -0.2) is 13.4 Å². The number of fused-ring (bicyclic) bond motifs is 1. The van der Waals surface area contributed by atoms with E-state index in [2.05, 4.69) is 9.71 Å². The van der Waals surface area contributed by atoms with Crippen LogP contribution in [0.3, 0.4) is 0 Å². The third-order valence-electron chi connectivity index (χ3n) is 3.01. The molecular formula is C15H11ClN2O2S. The van der Waals surface area contributed by atoms with Crippen molar-refractivity contribution in [3.8, 4) is 0 Å². The molecule has 0 fully saturated rings. The Kier molecular flexibility index (Phi) is 3.53. The molecule has 0 saturated heterocycles. The maximum Gasteiger partial charge on any atom is 0.261 e. The van der Waals surface area contributed by atoms with Gasteiger partial charge in [-0.05, 0) is 35.0 Å². The lowest BCUT2D eigenvalue weighted by molar-refractivity contribution is 0.601. The molecule has 0 aliphatic rings. The number of benzene rings is 2. The predicted molar refractivity (Wildman–Crippen MR) is 84.0 cm³/mol. The maximum absolute atomic E-state index is 12.4. The van der Waals surface area contributed by atoms with Gasteiger partial charge in [0.25, 0.3) is 10.0 Å². The van der Waals surface area contributed by atoms with Crippen LogP contribution in [0.5, 0.6) is 0 Å². The highest BCUT2D eigenvalue weighted by Crippen LogP contribution is 2.21. The van der Waals surface area contributed by atoms with Crippen LogP contribution in [0.15, 0.2) is 65.7 Å². The van der Waals surface area contributed by atoms with Gasteiger partial charge >= 0.3 is 0 Å². The van der Waals surface area contributed by atoms with Gasteiger partial charge in [-0.2, -0.15) is 0 Å². The van der Waals surface area contributed by atoms with Crippen LogP contribution in [0.4, 0.5) is 5.69 Å². The van der Waals surface area contributed by atoms with Crippen molar-refractivity contribution in [2.24, 2.45) is 0 Å². The second-order valence-electron chi connectivity index (χ2n) is 4.48. The molecule has 1 N–H and O–H groups in total. The highest BCUT2D eigenvalue weighted by molar-refractivity contribution is 7.92. The highest BCUT2D eigenvalue weighted by atomic mass is 35.5. The molecule has 0 spiro atoms. The molecule has 0 unspecified atom stereocenters. The fourth-order valence-corrected chi connectivity index (χ4v) is 3.17. The minimum Gasteiger partial charge on any atom is -0.278 e. The van der Waals surface area contributed by atoms with Crippen molar-refractivity contribution < 1.29 is 8.42 Å². The molecule has 4 nitrogen and oxygen atoms in total. The van der Waals surface area contributed by atoms with Crippen molar-refractivity contribution in [3.05, 3.63) is 65.9 Å². The quantitative estimate of drug-likeness (QED) is 0.749. The topological polar surface area (TPSA) is 59.1 Å². The average Bonchev–Trinajstić information content (AvgIpc) is 2.49. The number of sulfonamides is 1. The van der Waals surface area contributed by atoms with Crippen molar-refractivity contribution >= 4 is 38.1 Å². The smallest absolute Gasteiger partial charge is 0.261 e. The first-order chi connectivity index (χ1) is 10.0. The Morgan fingerprint density at radius 3 is 2.43 bits per heavy atom. The van der Waals surface area contributed by atoms with E-state index in [4.69, 9.17) is 11.6 Å². The third kappa shape index (κ3) is 2.99. The molecule has 21 heavy (non-hydrogen) atoms. The van der Waals surface area contributed by atoms with Crippen LogP contribution in [-0.2, 0) is 10.0 Å². The second-order valence-corrected chi connectivity index (χ2v) is 6.55. The Morgan fingerprint density at radius 2 is 1.71 bits per heavy atom. The lowest BCUT2D eigenvalue weighted by Gasteiger charge is -2.08. The summed E-state index contributed by atoms with van der Waals surface area (Å²) < 4.78 is 27.2. The van der Waals surface area contributed by atoms with Gasteiger partial charge in [0.05, 0.1) is 16.8 Å². The molecule has 0 amide bonds. The van der Waals surface area contributed by atoms with Crippen LogP contribution < -0.4 is 4.72 Å². The molecule has 0 saturated carbocycles. The first-order valence-corrected chi connectivity index (χ1v) is 8.04. The maximum atomic E-state index is 12.4. The predicted octanol–water partition coefficient (Wildman–Crippen LogP) is 3.69. The number of nitrogens with one attached hydrogen (secondary N) is 1. The molecule has 1 aromatic heterocycles. The third-order valence-corrected chi connectivity index (χ3v) is 4.61. The SMILES string of the molecule is O=S(=O)(Nc1ccc(Cl)nc1)c1ccc2ccccc2c1. The van der Waals surface area contributed by atoms with E-state index in [1.165, 1.54) is 12.3 Å². The molecule has 3 rings (SSSR count). The number of rotatable bonds is 3. The summed E-state index contributed by atoms with van der Waals surface area (Å²) in [6, 6.07) is 15.7. The van der Waals surface area contributed by atoms with Gasteiger partial charge in [-0.25, -0.2) is 13.4 Å². The first-order valence-electron chi connectivity index (χ1n) is 6.18. The fourth-order valence-electron chi connectivity index (χ4n) is 1.98. The number of aromatic nitrogens is 1. The zero-order valence-corrected chi connectivity index (χ0v) is 12.4. The van der Waals surface area contributed by atoms with E-state index in [9.17, 15) is 8.42 Å². The molecule has 0 bridgehead atoms. The van der Waals surface area contributed by atoms with E-state index in [-0.39, 0.29) is 4.90 Å². The Bertz CT molecular complexity index is 893. The highest BCUT2D eigenvalue weighted by Gasteiger charge is 2.14. The van der Waals surface area contributed by atoms with Crippen LogP contribution >= 0.6 is 11.6 Å². The number of nitrogens with zero attached hydrogens (tertiary/aromatic N) is 1. The van der Waals surface area contributed by atoms with E-state index >= 15 is 0 Å².